The first-order valence-electron chi connectivity index (χ1n) is 7.16. The number of aryl methyl sites for hydroxylation is 2. The van der Waals surface area contributed by atoms with Crippen LogP contribution >= 0.6 is 11.6 Å². The van der Waals surface area contributed by atoms with Crippen molar-refractivity contribution in [3.05, 3.63) is 52.3 Å². The second-order valence-corrected chi connectivity index (χ2v) is 5.39. The summed E-state index contributed by atoms with van der Waals surface area (Å²) in [5.74, 6) is 0. The van der Waals surface area contributed by atoms with Crippen molar-refractivity contribution in [2.24, 2.45) is 7.05 Å². The summed E-state index contributed by atoms with van der Waals surface area (Å²) in [6.45, 7) is 4.98. The Kier molecular flexibility index (Phi) is 5.44. The Labute approximate surface area is 135 Å². The van der Waals surface area contributed by atoms with E-state index in [2.05, 4.69) is 5.10 Å². The first-order chi connectivity index (χ1) is 10.5. The highest BCUT2D eigenvalue weighted by atomic mass is 35.5. The number of rotatable bonds is 5. The maximum absolute atomic E-state index is 12.2. The van der Waals surface area contributed by atoms with E-state index in [1.54, 1.807) is 16.6 Å². The maximum atomic E-state index is 12.2. The highest BCUT2D eigenvalue weighted by Crippen LogP contribution is 2.21. The molecule has 0 bridgehead atoms. The molecule has 0 spiro atoms. The number of hydrogen-bond acceptors (Lipinski definition) is 3. The lowest BCUT2D eigenvalue weighted by atomic mass is 10.2. The van der Waals surface area contributed by atoms with E-state index in [1.165, 1.54) is 0 Å². The smallest absolute Gasteiger partial charge is 0.410 e. The molecule has 0 saturated heterocycles. The molecule has 0 atom stereocenters. The average molecular weight is 322 g/mol. The SMILES string of the molecule is CCN(Cc1c(C)nn(C)c1Cl)C(=O)OCc1ccccc1. The summed E-state index contributed by atoms with van der Waals surface area (Å²) in [6, 6.07) is 9.60. The third kappa shape index (κ3) is 3.80. The summed E-state index contributed by atoms with van der Waals surface area (Å²) in [7, 11) is 1.78. The molecule has 0 aliphatic carbocycles. The number of nitrogens with zero attached hydrogens (tertiary/aromatic N) is 3. The van der Waals surface area contributed by atoms with Gasteiger partial charge in [-0.2, -0.15) is 5.10 Å². The fourth-order valence-corrected chi connectivity index (χ4v) is 2.39. The van der Waals surface area contributed by atoms with Crippen molar-refractivity contribution in [1.82, 2.24) is 14.7 Å². The number of hydrogen-bond donors (Lipinski definition) is 0. The second kappa shape index (κ2) is 7.31. The van der Waals surface area contributed by atoms with E-state index < -0.39 is 0 Å². The van der Waals surface area contributed by atoms with E-state index in [1.807, 2.05) is 44.2 Å². The standard InChI is InChI=1S/C16H20ClN3O2/c1-4-20(10-14-12(2)18-19(3)15(14)17)16(21)22-11-13-8-6-5-7-9-13/h5-9H,4,10-11H2,1-3H3. The van der Waals surface area contributed by atoms with E-state index in [-0.39, 0.29) is 12.7 Å². The summed E-state index contributed by atoms with van der Waals surface area (Å²) in [6.07, 6.45) is -0.356. The van der Waals surface area contributed by atoms with Gasteiger partial charge in [0.2, 0.25) is 0 Å². The van der Waals surface area contributed by atoms with Gasteiger partial charge >= 0.3 is 6.09 Å². The van der Waals surface area contributed by atoms with Crippen LogP contribution in [0.25, 0.3) is 0 Å². The molecule has 0 saturated carbocycles. The molecule has 6 heteroatoms. The Morgan fingerprint density at radius 2 is 2.05 bits per heavy atom. The zero-order valence-electron chi connectivity index (χ0n) is 13.0. The number of carbonyl (C=O) groups excluding carboxylic acids is 1. The molecule has 1 amide bonds. The molecular formula is C16H20ClN3O2. The maximum Gasteiger partial charge on any atom is 0.410 e. The van der Waals surface area contributed by atoms with Crippen molar-refractivity contribution >= 4 is 17.7 Å². The number of aromatic nitrogens is 2. The Bertz CT molecular complexity index is 640. The lowest BCUT2D eigenvalue weighted by Gasteiger charge is -2.20. The number of carbonyl (C=O) groups is 1. The normalized spacial score (nSPS) is 10.5. The molecule has 0 radical (unpaired) electrons. The quantitative estimate of drug-likeness (QED) is 0.846. The zero-order chi connectivity index (χ0) is 16.1. The largest absolute Gasteiger partial charge is 0.445 e. The molecule has 1 aromatic carbocycles. The van der Waals surface area contributed by atoms with E-state index in [9.17, 15) is 4.79 Å². The third-order valence-corrected chi connectivity index (χ3v) is 3.94. The van der Waals surface area contributed by atoms with Crippen LogP contribution in [0.4, 0.5) is 4.79 Å². The van der Waals surface area contributed by atoms with Crippen LogP contribution in [0.5, 0.6) is 0 Å². The van der Waals surface area contributed by atoms with Gasteiger partial charge in [-0.3, -0.25) is 4.68 Å². The molecule has 1 heterocycles. The molecule has 2 aromatic rings. The number of benzene rings is 1. The first kappa shape index (κ1) is 16.4. The summed E-state index contributed by atoms with van der Waals surface area (Å²) in [5, 5.41) is 4.80. The molecule has 1 aromatic heterocycles. The Hall–Kier alpha value is -2.01. The third-order valence-electron chi connectivity index (χ3n) is 3.46. The molecular weight excluding hydrogens is 302 g/mol. The van der Waals surface area contributed by atoms with E-state index in [0.717, 1.165) is 16.8 Å². The minimum Gasteiger partial charge on any atom is -0.445 e. The van der Waals surface area contributed by atoms with Crippen LogP contribution in [0.3, 0.4) is 0 Å². The minimum atomic E-state index is -0.356. The van der Waals surface area contributed by atoms with Gasteiger partial charge in [0, 0.05) is 19.2 Å². The van der Waals surface area contributed by atoms with Gasteiger partial charge in [0.25, 0.3) is 0 Å². The fourth-order valence-electron chi connectivity index (χ4n) is 2.16. The summed E-state index contributed by atoms with van der Waals surface area (Å²) in [4.78, 5) is 13.8. The molecule has 0 N–H and O–H groups in total. The average Bonchev–Trinajstić information content (AvgIpc) is 2.76. The van der Waals surface area contributed by atoms with Gasteiger partial charge in [-0.1, -0.05) is 41.9 Å². The summed E-state index contributed by atoms with van der Waals surface area (Å²) >= 11 is 6.21. The van der Waals surface area contributed by atoms with Crippen LogP contribution in [-0.2, 0) is 24.9 Å². The molecule has 0 aliphatic rings. The molecule has 118 valence electrons. The predicted molar refractivity (Wildman–Crippen MR) is 85.7 cm³/mol. The van der Waals surface area contributed by atoms with Crippen LogP contribution in [0.2, 0.25) is 5.15 Å². The van der Waals surface area contributed by atoms with Crippen molar-refractivity contribution in [2.45, 2.75) is 27.0 Å². The molecule has 0 aliphatic heterocycles. The van der Waals surface area contributed by atoms with Crippen molar-refractivity contribution in [3.63, 3.8) is 0 Å². The predicted octanol–water partition coefficient (Wildman–Crippen LogP) is 3.54. The molecule has 0 unspecified atom stereocenters. The first-order valence-corrected chi connectivity index (χ1v) is 7.54. The zero-order valence-corrected chi connectivity index (χ0v) is 13.8. The van der Waals surface area contributed by atoms with E-state index >= 15 is 0 Å². The molecule has 2 rings (SSSR count). The molecule has 22 heavy (non-hydrogen) atoms. The van der Waals surface area contributed by atoms with Gasteiger partial charge in [0.05, 0.1) is 12.2 Å². The lowest BCUT2D eigenvalue weighted by molar-refractivity contribution is 0.0956. The minimum absolute atomic E-state index is 0.260. The fraction of sp³-hybridized carbons (Fsp3) is 0.375. The van der Waals surface area contributed by atoms with Crippen LogP contribution < -0.4 is 0 Å². The highest BCUT2D eigenvalue weighted by Gasteiger charge is 2.19. The van der Waals surface area contributed by atoms with Gasteiger partial charge in [-0.05, 0) is 19.4 Å². The number of amides is 1. The van der Waals surface area contributed by atoms with E-state index in [4.69, 9.17) is 16.3 Å². The monoisotopic (exact) mass is 321 g/mol. The van der Waals surface area contributed by atoms with Gasteiger partial charge in [0.1, 0.15) is 11.8 Å². The van der Waals surface area contributed by atoms with Crippen LogP contribution in [-0.4, -0.2) is 27.3 Å². The Morgan fingerprint density at radius 3 is 2.59 bits per heavy atom. The van der Waals surface area contributed by atoms with Crippen LogP contribution in [0.1, 0.15) is 23.7 Å². The van der Waals surface area contributed by atoms with Gasteiger partial charge < -0.3 is 9.64 Å². The topological polar surface area (TPSA) is 47.4 Å². The Morgan fingerprint density at radius 1 is 1.36 bits per heavy atom. The molecule has 0 fully saturated rings. The highest BCUT2D eigenvalue weighted by molar-refractivity contribution is 6.30. The number of ether oxygens (including phenoxy) is 1. The number of halogens is 1. The Balaban J connectivity index is 2.00. The van der Waals surface area contributed by atoms with Gasteiger partial charge in [-0.15, -0.1) is 0 Å². The van der Waals surface area contributed by atoms with Crippen molar-refractivity contribution in [1.29, 1.82) is 0 Å². The molecule has 5 nitrogen and oxygen atoms in total. The van der Waals surface area contributed by atoms with Gasteiger partial charge in [0.15, 0.2) is 0 Å². The summed E-state index contributed by atoms with van der Waals surface area (Å²) < 4.78 is 6.96. The van der Waals surface area contributed by atoms with Crippen molar-refractivity contribution in [3.8, 4) is 0 Å². The van der Waals surface area contributed by atoms with Crippen molar-refractivity contribution in [2.75, 3.05) is 6.54 Å². The van der Waals surface area contributed by atoms with Crippen LogP contribution in [0.15, 0.2) is 30.3 Å². The lowest BCUT2D eigenvalue weighted by Crippen LogP contribution is -2.31. The second-order valence-electron chi connectivity index (χ2n) is 5.03. The summed E-state index contributed by atoms with van der Waals surface area (Å²) in [5.41, 5.74) is 2.63. The van der Waals surface area contributed by atoms with Crippen molar-refractivity contribution < 1.29 is 9.53 Å². The van der Waals surface area contributed by atoms with Crippen LogP contribution in [0, 0.1) is 6.92 Å². The van der Waals surface area contributed by atoms with E-state index in [0.29, 0.717) is 18.2 Å². The van der Waals surface area contributed by atoms with Gasteiger partial charge in [-0.25, -0.2) is 4.79 Å².